The first-order chi connectivity index (χ1) is 19.0. The molecule has 3 aromatic carbocycles. The molecule has 39 heavy (non-hydrogen) atoms. The molecule has 0 fully saturated rings. The summed E-state index contributed by atoms with van der Waals surface area (Å²) in [5.41, 5.74) is 5.82. The van der Waals surface area contributed by atoms with Crippen LogP contribution in [0.2, 0.25) is 0 Å². The Morgan fingerprint density at radius 2 is 1.85 bits per heavy atom. The molecule has 0 atom stereocenters. The van der Waals surface area contributed by atoms with Crippen molar-refractivity contribution in [2.75, 3.05) is 6.61 Å². The predicted octanol–water partition coefficient (Wildman–Crippen LogP) is 6.73. The number of nitrogens with zero attached hydrogens (tertiary/aromatic N) is 4. The van der Waals surface area contributed by atoms with Crippen LogP contribution >= 0.6 is 0 Å². The Labute approximate surface area is 227 Å². The van der Waals surface area contributed by atoms with Crippen molar-refractivity contribution in [3.63, 3.8) is 0 Å². The fourth-order valence-electron chi connectivity index (χ4n) is 4.74. The molecule has 5 aromatic rings. The van der Waals surface area contributed by atoms with Gasteiger partial charge in [0.1, 0.15) is 29.4 Å². The minimum Gasteiger partial charge on any atom is -0.489 e. The first-order valence-corrected chi connectivity index (χ1v) is 13.2. The van der Waals surface area contributed by atoms with E-state index in [4.69, 9.17) is 19.6 Å². The lowest BCUT2D eigenvalue weighted by Gasteiger charge is -2.14. The monoisotopic (exact) mass is 524 g/mol. The van der Waals surface area contributed by atoms with E-state index in [1.54, 1.807) is 24.7 Å². The van der Waals surface area contributed by atoms with Crippen LogP contribution < -0.4 is 9.47 Å². The van der Waals surface area contributed by atoms with Crippen LogP contribution in [0.5, 0.6) is 11.5 Å². The highest BCUT2D eigenvalue weighted by molar-refractivity contribution is 5.86. The van der Waals surface area contributed by atoms with Gasteiger partial charge in [-0.1, -0.05) is 61.9 Å². The van der Waals surface area contributed by atoms with Gasteiger partial charge < -0.3 is 23.7 Å². The number of ether oxygens (including phenoxy) is 2. The van der Waals surface area contributed by atoms with Crippen molar-refractivity contribution >= 4 is 17.2 Å². The van der Waals surface area contributed by atoms with Crippen LogP contribution in [-0.4, -0.2) is 37.0 Å². The van der Waals surface area contributed by atoms with Crippen LogP contribution in [0.4, 0.5) is 4.79 Å². The molecule has 0 aliphatic heterocycles. The SMILES string of the molecule is CCCCc1nc2c(C)ccc(OCCn3ccnc3)c2n1Cc1ccc(-c2ccccc2OC(=O)O)cc1. The number of aromatic nitrogens is 4. The van der Waals surface area contributed by atoms with Gasteiger partial charge in [-0.2, -0.15) is 0 Å². The highest BCUT2D eigenvalue weighted by atomic mass is 16.7. The van der Waals surface area contributed by atoms with Crippen molar-refractivity contribution in [2.45, 2.75) is 46.2 Å². The molecule has 0 saturated heterocycles. The van der Waals surface area contributed by atoms with E-state index in [1.807, 2.05) is 41.1 Å². The Bertz CT molecular complexity index is 1560. The second-order valence-electron chi connectivity index (χ2n) is 9.51. The zero-order chi connectivity index (χ0) is 27.2. The van der Waals surface area contributed by atoms with Gasteiger partial charge in [0.15, 0.2) is 0 Å². The zero-order valence-electron chi connectivity index (χ0n) is 22.2. The molecule has 2 aromatic heterocycles. The fraction of sp³-hybridized carbons (Fsp3) is 0.258. The number of carboxylic acid groups (broad SMARTS) is 1. The van der Waals surface area contributed by atoms with Crippen molar-refractivity contribution in [2.24, 2.45) is 0 Å². The van der Waals surface area contributed by atoms with Gasteiger partial charge in [-0.3, -0.25) is 0 Å². The van der Waals surface area contributed by atoms with Crippen LogP contribution in [0.15, 0.2) is 79.4 Å². The highest BCUT2D eigenvalue weighted by Gasteiger charge is 2.18. The Balaban J connectivity index is 1.46. The molecule has 0 saturated carbocycles. The standard InChI is InChI=1S/C31H32N4O4/c1-3-4-9-28-33-29-22(2)10-15-27(38-19-18-34-17-16-32-21-34)30(29)35(28)20-23-11-13-24(14-12-23)25-7-5-6-8-26(25)39-31(36)37/h5-8,10-17,21H,3-4,9,18-20H2,1-2H3,(H,36,37). The maximum absolute atomic E-state index is 11.1. The molecule has 0 radical (unpaired) electrons. The number of rotatable bonds is 11. The molecule has 2 heterocycles. The smallest absolute Gasteiger partial charge is 0.489 e. The molecule has 0 amide bonds. The molecule has 8 heteroatoms. The van der Waals surface area contributed by atoms with Crippen LogP contribution in [0.25, 0.3) is 22.2 Å². The summed E-state index contributed by atoms with van der Waals surface area (Å²) >= 11 is 0. The molecule has 200 valence electrons. The minimum absolute atomic E-state index is 0.313. The topological polar surface area (TPSA) is 91.4 Å². The summed E-state index contributed by atoms with van der Waals surface area (Å²) in [6, 6.07) is 19.4. The van der Waals surface area contributed by atoms with Gasteiger partial charge in [-0.25, -0.2) is 14.8 Å². The van der Waals surface area contributed by atoms with E-state index in [9.17, 15) is 4.79 Å². The maximum atomic E-state index is 11.1. The third-order valence-electron chi connectivity index (χ3n) is 6.75. The fourth-order valence-corrected chi connectivity index (χ4v) is 4.74. The summed E-state index contributed by atoms with van der Waals surface area (Å²) in [7, 11) is 0. The van der Waals surface area contributed by atoms with E-state index in [0.29, 0.717) is 25.4 Å². The predicted molar refractivity (Wildman–Crippen MR) is 150 cm³/mol. The highest BCUT2D eigenvalue weighted by Crippen LogP contribution is 2.33. The van der Waals surface area contributed by atoms with E-state index in [-0.39, 0.29) is 0 Å². The van der Waals surface area contributed by atoms with Crippen LogP contribution in [0, 0.1) is 6.92 Å². The summed E-state index contributed by atoms with van der Waals surface area (Å²) in [5.74, 6) is 2.18. The summed E-state index contributed by atoms with van der Waals surface area (Å²) in [6.07, 6.45) is 7.18. The Hall–Kier alpha value is -4.59. The number of para-hydroxylation sites is 1. The van der Waals surface area contributed by atoms with Gasteiger partial charge in [-0.15, -0.1) is 0 Å². The third kappa shape index (κ3) is 5.95. The largest absolute Gasteiger partial charge is 0.511 e. The van der Waals surface area contributed by atoms with Gasteiger partial charge in [0.25, 0.3) is 0 Å². The molecule has 0 unspecified atom stereocenters. The number of unbranched alkanes of at least 4 members (excludes halogenated alkanes) is 1. The van der Waals surface area contributed by atoms with Crippen LogP contribution in [-0.2, 0) is 19.5 Å². The van der Waals surface area contributed by atoms with E-state index in [1.165, 1.54) is 0 Å². The zero-order valence-corrected chi connectivity index (χ0v) is 22.2. The van der Waals surface area contributed by atoms with Gasteiger partial charge >= 0.3 is 6.16 Å². The number of aryl methyl sites for hydroxylation is 2. The molecule has 5 rings (SSSR count). The second-order valence-corrected chi connectivity index (χ2v) is 9.51. The third-order valence-corrected chi connectivity index (χ3v) is 6.75. The van der Waals surface area contributed by atoms with Crippen molar-refractivity contribution in [3.8, 4) is 22.6 Å². The second kappa shape index (κ2) is 11.9. The lowest BCUT2D eigenvalue weighted by atomic mass is 10.0. The van der Waals surface area contributed by atoms with Crippen molar-refractivity contribution in [1.29, 1.82) is 0 Å². The van der Waals surface area contributed by atoms with Crippen molar-refractivity contribution < 1.29 is 19.4 Å². The first-order valence-electron chi connectivity index (χ1n) is 13.2. The average Bonchev–Trinajstić information content (AvgIpc) is 3.58. The Morgan fingerprint density at radius 1 is 1.03 bits per heavy atom. The van der Waals surface area contributed by atoms with Gasteiger partial charge in [0, 0.05) is 30.9 Å². The molecule has 1 N–H and O–H groups in total. The quantitative estimate of drug-likeness (QED) is 0.152. The molecule has 0 aliphatic carbocycles. The Kier molecular flexibility index (Phi) is 7.91. The van der Waals surface area contributed by atoms with E-state index >= 15 is 0 Å². The van der Waals surface area contributed by atoms with E-state index < -0.39 is 6.16 Å². The minimum atomic E-state index is -1.33. The number of benzene rings is 3. The number of imidazole rings is 2. The summed E-state index contributed by atoms with van der Waals surface area (Å²) < 4.78 is 15.6. The molecular formula is C31H32N4O4. The van der Waals surface area contributed by atoms with Gasteiger partial charge in [0.05, 0.1) is 18.4 Å². The lowest BCUT2D eigenvalue weighted by molar-refractivity contribution is 0.144. The van der Waals surface area contributed by atoms with E-state index in [0.717, 1.165) is 64.1 Å². The van der Waals surface area contributed by atoms with Crippen molar-refractivity contribution in [1.82, 2.24) is 19.1 Å². The molecular weight excluding hydrogens is 492 g/mol. The van der Waals surface area contributed by atoms with Crippen LogP contribution in [0.3, 0.4) is 0 Å². The number of hydrogen-bond donors (Lipinski definition) is 1. The van der Waals surface area contributed by atoms with Crippen molar-refractivity contribution in [3.05, 3.63) is 96.3 Å². The summed E-state index contributed by atoms with van der Waals surface area (Å²) in [4.78, 5) is 20.3. The molecule has 0 aliphatic rings. The first kappa shape index (κ1) is 26.0. The average molecular weight is 525 g/mol. The number of carbonyl (C=O) groups is 1. The van der Waals surface area contributed by atoms with Gasteiger partial charge in [-0.05, 0) is 42.2 Å². The normalized spacial score (nSPS) is 11.1. The van der Waals surface area contributed by atoms with Gasteiger partial charge in [0.2, 0.25) is 0 Å². The lowest BCUT2D eigenvalue weighted by Crippen LogP contribution is -2.09. The van der Waals surface area contributed by atoms with Crippen LogP contribution in [0.1, 0.15) is 36.7 Å². The summed E-state index contributed by atoms with van der Waals surface area (Å²) in [6.45, 7) is 6.15. The molecule has 0 spiro atoms. The Morgan fingerprint density at radius 3 is 2.59 bits per heavy atom. The molecule has 0 bridgehead atoms. The maximum Gasteiger partial charge on any atom is 0.511 e. The molecule has 8 nitrogen and oxygen atoms in total. The number of hydrogen-bond acceptors (Lipinski definition) is 5. The van der Waals surface area contributed by atoms with E-state index in [2.05, 4.69) is 41.6 Å². The number of fused-ring (bicyclic) bond motifs is 1. The summed E-state index contributed by atoms with van der Waals surface area (Å²) in [5, 5.41) is 9.10.